The Morgan fingerprint density at radius 1 is 0.556 bits per heavy atom. The maximum absolute atomic E-state index is 13.1. The summed E-state index contributed by atoms with van der Waals surface area (Å²) in [5.74, 6) is -0.650. The Labute approximate surface area is 333 Å². The van der Waals surface area contributed by atoms with Gasteiger partial charge in [0.25, 0.3) is 0 Å². The van der Waals surface area contributed by atoms with Crippen molar-refractivity contribution in [2.24, 2.45) is 0 Å². The van der Waals surface area contributed by atoms with E-state index in [2.05, 4.69) is 43.5 Å². The van der Waals surface area contributed by atoms with E-state index in [0.29, 0.717) is 19.4 Å². The van der Waals surface area contributed by atoms with Crippen LogP contribution in [0.1, 0.15) is 207 Å². The van der Waals surface area contributed by atoms with Gasteiger partial charge in [0.15, 0.2) is 0 Å². The summed E-state index contributed by atoms with van der Waals surface area (Å²) in [5.41, 5.74) is 0. The third-order valence-corrected chi connectivity index (χ3v) is 10.8. The number of carbonyl (C=O) groups is 2. The van der Waals surface area contributed by atoms with Gasteiger partial charge in [-0.25, -0.2) is 0 Å². The fraction of sp³-hybridized carbons (Fsp3) is 0.867. The van der Waals surface area contributed by atoms with Crippen molar-refractivity contribution in [3.8, 4) is 0 Å². The fourth-order valence-corrected chi connectivity index (χ4v) is 7.31. The molecule has 0 saturated heterocycles. The van der Waals surface area contributed by atoms with Crippen LogP contribution in [0.4, 0.5) is 0 Å². The Morgan fingerprint density at radius 2 is 0.907 bits per heavy atom. The van der Waals surface area contributed by atoms with Crippen LogP contribution in [0.5, 0.6) is 0 Å². The molecule has 0 rings (SSSR count). The summed E-state index contributed by atoms with van der Waals surface area (Å²) in [4.78, 5) is 25.0. The van der Waals surface area contributed by atoms with Gasteiger partial charge in [0.05, 0.1) is 6.61 Å². The number of allylic oxidation sites excluding steroid dienone is 4. The lowest BCUT2D eigenvalue weighted by Crippen LogP contribution is -2.29. The van der Waals surface area contributed by atoms with Crippen molar-refractivity contribution in [1.82, 2.24) is 5.32 Å². The Balaban J connectivity index is 4.31. The molecule has 0 aromatic rings. The van der Waals surface area contributed by atoms with Gasteiger partial charge in [-0.05, 0) is 64.2 Å². The van der Waals surface area contributed by atoms with E-state index < -0.39 is 13.7 Å². The molecule has 9 heteroatoms. The van der Waals surface area contributed by atoms with Crippen LogP contribution in [-0.2, 0) is 32.7 Å². The molecule has 0 aliphatic carbocycles. The second-order valence-electron chi connectivity index (χ2n) is 15.5. The van der Waals surface area contributed by atoms with Crippen molar-refractivity contribution in [2.75, 3.05) is 33.0 Å². The van der Waals surface area contributed by atoms with Gasteiger partial charge in [-0.15, -0.1) is 0 Å². The summed E-state index contributed by atoms with van der Waals surface area (Å²) in [6, 6.07) is 0.278. The molecular weight excluding hydrogens is 697 g/mol. The number of nitrogens with one attached hydrogen (secondary N) is 1. The lowest BCUT2D eigenvalue weighted by atomic mass is 10.1. The summed E-state index contributed by atoms with van der Waals surface area (Å²) >= 11 is 0. The average Bonchev–Trinajstić information content (AvgIpc) is 3.14. The summed E-state index contributed by atoms with van der Waals surface area (Å²) in [7, 11) is -3.47. The van der Waals surface area contributed by atoms with E-state index in [9.17, 15) is 14.2 Å². The minimum Gasteiger partial charge on any atom is -0.463 e. The van der Waals surface area contributed by atoms with E-state index in [1.165, 1.54) is 109 Å². The largest absolute Gasteiger partial charge is 0.463 e. The van der Waals surface area contributed by atoms with Gasteiger partial charge in [-0.3, -0.25) is 18.7 Å². The number of unbranched alkanes of at least 4 members (excludes halogenated alkanes) is 22. The van der Waals surface area contributed by atoms with Crippen molar-refractivity contribution >= 4 is 19.5 Å². The first-order chi connectivity index (χ1) is 26.2. The van der Waals surface area contributed by atoms with Crippen LogP contribution in [0.3, 0.4) is 0 Å². The van der Waals surface area contributed by atoms with Crippen molar-refractivity contribution in [3.63, 3.8) is 0 Å². The molecule has 8 nitrogen and oxygen atoms in total. The Morgan fingerprint density at radius 3 is 1.28 bits per heavy atom. The van der Waals surface area contributed by atoms with E-state index in [4.69, 9.17) is 18.5 Å². The number of esters is 2. The molecule has 1 N–H and O–H groups in total. The number of rotatable bonds is 41. The number of carbonyl (C=O) groups excluding carboxylic acids is 2. The summed E-state index contributed by atoms with van der Waals surface area (Å²) in [6.45, 7) is 10.4. The highest BCUT2D eigenvalue weighted by Gasteiger charge is 2.26. The van der Waals surface area contributed by atoms with Crippen LogP contribution in [-0.4, -0.2) is 57.1 Å². The van der Waals surface area contributed by atoms with Crippen LogP contribution in [0, 0.1) is 0 Å². The quantitative estimate of drug-likeness (QED) is 0.0283. The standard InChI is InChI=1S/C45H86NO7P/c1-6-8-10-12-14-16-18-20-22-24-26-28-30-32-34-36-44(47)50-40-43(53-54(5,49)52-39-38-46-42(3)4)41-51-45(48)37-35-33-31-29-27-25-23-21-19-17-15-13-11-9-7-2/h20-23,42-43,46H,6-19,24-41H2,1-5H3/b22-20-,23-21-. The molecule has 0 aliphatic rings. The molecule has 1 unspecified atom stereocenters. The normalized spacial score (nSPS) is 13.1. The zero-order chi connectivity index (χ0) is 39.8. The molecule has 54 heavy (non-hydrogen) atoms. The molecule has 0 radical (unpaired) electrons. The minimum absolute atomic E-state index is 0.143. The lowest BCUT2D eigenvalue weighted by Gasteiger charge is -2.22. The van der Waals surface area contributed by atoms with E-state index >= 15 is 0 Å². The third-order valence-electron chi connectivity index (χ3n) is 9.47. The Bertz CT molecular complexity index is 898. The number of hydrogen-bond acceptors (Lipinski definition) is 8. The highest BCUT2D eigenvalue weighted by Crippen LogP contribution is 2.45. The molecule has 318 valence electrons. The molecule has 0 heterocycles. The molecular formula is C45H86NO7P. The first-order valence-corrected chi connectivity index (χ1v) is 24.4. The van der Waals surface area contributed by atoms with Crippen LogP contribution in [0.2, 0.25) is 0 Å². The first-order valence-electron chi connectivity index (χ1n) is 22.4. The molecule has 0 saturated carbocycles. The zero-order valence-electron chi connectivity index (χ0n) is 35.9. The predicted molar refractivity (Wildman–Crippen MR) is 228 cm³/mol. The topological polar surface area (TPSA) is 100 Å². The molecule has 0 aromatic heterocycles. The lowest BCUT2D eigenvalue weighted by molar-refractivity contribution is -0.151. The highest BCUT2D eigenvalue weighted by atomic mass is 31.2. The number of ether oxygens (including phenoxy) is 2. The average molecular weight is 784 g/mol. The molecule has 0 spiro atoms. The third kappa shape index (κ3) is 40.2. The number of hydrogen-bond donors (Lipinski definition) is 1. The van der Waals surface area contributed by atoms with Crippen LogP contribution < -0.4 is 5.32 Å². The summed E-state index contributed by atoms with van der Waals surface area (Å²) in [6.07, 6.45) is 40.2. The van der Waals surface area contributed by atoms with Gasteiger partial charge in [0, 0.05) is 32.1 Å². The van der Waals surface area contributed by atoms with Gasteiger partial charge in [-0.1, -0.05) is 155 Å². The van der Waals surface area contributed by atoms with Crippen LogP contribution in [0.15, 0.2) is 24.3 Å². The predicted octanol–water partition coefficient (Wildman–Crippen LogP) is 13.4. The van der Waals surface area contributed by atoms with Gasteiger partial charge in [0.2, 0.25) is 0 Å². The highest BCUT2D eigenvalue weighted by molar-refractivity contribution is 7.53. The van der Waals surface area contributed by atoms with E-state index in [-0.39, 0.29) is 37.8 Å². The van der Waals surface area contributed by atoms with E-state index in [1.54, 1.807) is 0 Å². The fourth-order valence-electron chi connectivity index (χ4n) is 6.17. The van der Waals surface area contributed by atoms with Crippen molar-refractivity contribution < 1.29 is 32.7 Å². The Kier molecular flexibility index (Phi) is 38.7. The van der Waals surface area contributed by atoms with E-state index in [1.807, 2.05) is 13.8 Å². The SMILES string of the molecule is CCCCCCCC/C=C\CCCCCCCC(=O)OCC(COC(=O)CCCCCCC/C=C\CCCCCCCC)OP(C)(=O)OCCNC(C)C. The summed E-state index contributed by atoms with van der Waals surface area (Å²) < 4.78 is 35.3. The van der Waals surface area contributed by atoms with Gasteiger partial charge in [-0.2, -0.15) is 0 Å². The van der Waals surface area contributed by atoms with Gasteiger partial charge < -0.3 is 19.3 Å². The van der Waals surface area contributed by atoms with Crippen molar-refractivity contribution in [2.45, 2.75) is 220 Å². The maximum atomic E-state index is 13.1. The molecule has 1 atom stereocenters. The zero-order valence-corrected chi connectivity index (χ0v) is 36.8. The molecule has 0 bridgehead atoms. The molecule has 0 amide bonds. The summed E-state index contributed by atoms with van der Waals surface area (Å²) in [5, 5.41) is 3.21. The maximum Gasteiger partial charge on any atom is 0.328 e. The van der Waals surface area contributed by atoms with Crippen LogP contribution >= 0.6 is 7.60 Å². The second-order valence-corrected chi connectivity index (χ2v) is 17.5. The molecule has 0 fully saturated rings. The van der Waals surface area contributed by atoms with Crippen molar-refractivity contribution in [1.29, 1.82) is 0 Å². The second kappa shape index (κ2) is 39.8. The van der Waals surface area contributed by atoms with E-state index in [0.717, 1.165) is 64.2 Å². The van der Waals surface area contributed by atoms with Gasteiger partial charge in [0.1, 0.15) is 19.3 Å². The van der Waals surface area contributed by atoms with Gasteiger partial charge >= 0.3 is 19.5 Å². The Hall–Kier alpha value is -1.47. The smallest absolute Gasteiger partial charge is 0.328 e. The minimum atomic E-state index is -3.47. The van der Waals surface area contributed by atoms with Crippen molar-refractivity contribution in [3.05, 3.63) is 24.3 Å². The monoisotopic (exact) mass is 784 g/mol. The first kappa shape index (κ1) is 52.5. The molecule has 0 aromatic carbocycles. The molecule has 0 aliphatic heterocycles. The van der Waals surface area contributed by atoms with Crippen LogP contribution in [0.25, 0.3) is 0 Å².